The SMILES string of the molecule is O=C(NCCCCCc1nc(-c2cccs2)no1)c1ccc(OCc2cscn2)cc1. The Bertz CT molecular complexity index is 1060. The minimum atomic E-state index is -0.0801. The van der Waals surface area contributed by atoms with Crippen molar-refractivity contribution in [2.45, 2.75) is 32.3 Å². The second-order valence-corrected chi connectivity index (χ2v) is 8.51. The number of benzene rings is 1. The van der Waals surface area contributed by atoms with E-state index in [0.29, 0.717) is 36.2 Å². The van der Waals surface area contributed by atoms with Gasteiger partial charge in [-0.3, -0.25) is 4.79 Å². The van der Waals surface area contributed by atoms with Crippen LogP contribution in [0, 0.1) is 0 Å². The number of aromatic nitrogens is 3. The molecule has 1 aromatic carbocycles. The number of aryl methyl sites for hydroxylation is 1. The molecule has 4 aromatic rings. The third kappa shape index (κ3) is 6.22. The molecule has 1 amide bonds. The third-order valence-electron chi connectivity index (χ3n) is 4.55. The zero-order valence-corrected chi connectivity index (χ0v) is 18.5. The first-order valence-corrected chi connectivity index (χ1v) is 11.8. The second-order valence-electron chi connectivity index (χ2n) is 6.85. The summed E-state index contributed by atoms with van der Waals surface area (Å²) in [6, 6.07) is 11.1. The van der Waals surface area contributed by atoms with Crippen molar-refractivity contribution >= 4 is 28.6 Å². The lowest BCUT2D eigenvalue weighted by Gasteiger charge is -2.07. The zero-order chi connectivity index (χ0) is 21.3. The molecule has 160 valence electrons. The standard InChI is InChI=1S/C22H22N4O3S2/c27-22(16-7-9-18(10-8-16)28-13-17-14-30-15-24-17)23-11-3-1-2-6-20-25-21(26-29-20)19-5-4-12-31-19/h4-5,7-10,12,14-15H,1-3,6,11,13H2,(H,23,27). The molecule has 0 saturated carbocycles. The summed E-state index contributed by atoms with van der Waals surface area (Å²) >= 11 is 3.13. The van der Waals surface area contributed by atoms with Gasteiger partial charge in [-0.2, -0.15) is 4.98 Å². The summed E-state index contributed by atoms with van der Waals surface area (Å²) in [5.74, 6) is 1.94. The predicted octanol–water partition coefficient (Wildman–Crippen LogP) is 4.98. The highest BCUT2D eigenvalue weighted by Gasteiger charge is 2.09. The molecule has 0 unspecified atom stereocenters. The molecule has 0 spiro atoms. The molecular weight excluding hydrogens is 432 g/mol. The van der Waals surface area contributed by atoms with Gasteiger partial charge in [0.05, 0.1) is 16.1 Å². The Morgan fingerprint density at radius 1 is 1.13 bits per heavy atom. The minimum absolute atomic E-state index is 0.0801. The molecular formula is C22H22N4O3S2. The van der Waals surface area contributed by atoms with Gasteiger partial charge in [0, 0.05) is 23.9 Å². The summed E-state index contributed by atoms with van der Waals surface area (Å²) in [4.78, 5) is 21.9. The van der Waals surface area contributed by atoms with Gasteiger partial charge in [0.25, 0.3) is 5.91 Å². The van der Waals surface area contributed by atoms with Crippen molar-refractivity contribution in [3.63, 3.8) is 0 Å². The zero-order valence-electron chi connectivity index (χ0n) is 16.8. The van der Waals surface area contributed by atoms with Gasteiger partial charge >= 0.3 is 0 Å². The third-order valence-corrected chi connectivity index (χ3v) is 6.05. The van der Waals surface area contributed by atoms with Gasteiger partial charge in [-0.25, -0.2) is 4.98 Å². The van der Waals surface area contributed by atoms with E-state index in [-0.39, 0.29) is 5.91 Å². The number of carbonyl (C=O) groups is 1. The topological polar surface area (TPSA) is 90.1 Å². The van der Waals surface area contributed by atoms with Gasteiger partial charge in [0.2, 0.25) is 11.7 Å². The highest BCUT2D eigenvalue weighted by atomic mass is 32.1. The molecule has 4 rings (SSSR count). The van der Waals surface area contributed by atoms with Crippen LogP contribution in [0.3, 0.4) is 0 Å². The van der Waals surface area contributed by atoms with E-state index in [1.807, 2.05) is 22.9 Å². The predicted molar refractivity (Wildman–Crippen MR) is 120 cm³/mol. The summed E-state index contributed by atoms with van der Waals surface area (Å²) in [5.41, 5.74) is 3.29. The average molecular weight is 455 g/mol. The second kappa shape index (κ2) is 10.8. The lowest BCUT2D eigenvalue weighted by Crippen LogP contribution is -2.24. The Morgan fingerprint density at radius 2 is 2.03 bits per heavy atom. The van der Waals surface area contributed by atoms with Crippen LogP contribution in [0.4, 0.5) is 0 Å². The quantitative estimate of drug-likeness (QED) is 0.322. The van der Waals surface area contributed by atoms with Gasteiger partial charge in [0.15, 0.2) is 0 Å². The van der Waals surface area contributed by atoms with Crippen molar-refractivity contribution < 1.29 is 14.1 Å². The molecule has 1 N–H and O–H groups in total. The normalized spacial score (nSPS) is 10.8. The van der Waals surface area contributed by atoms with Crippen molar-refractivity contribution in [3.8, 4) is 16.5 Å². The largest absolute Gasteiger partial charge is 0.487 e. The molecule has 0 bridgehead atoms. The summed E-state index contributed by atoms with van der Waals surface area (Å²) < 4.78 is 11.0. The molecule has 0 radical (unpaired) electrons. The molecule has 0 aliphatic heterocycles. The first kappa shape index (κ1) is 21.2. The number of carbonyl (C=O) groups excluding carboxylic acids is 1. The van der Waals surface area contributed by atoms with Crippen LogP contribution in [-0.2, 0) is 13.0 Å². The lowest BCUT2D eigenvalue weighted by molar-refractivity contribution is 0.0953. The Balaban J connectivity index is 1.11. The monoisotopic (exact) mass is 454 g/mol. The number of hydrogen-bond donors (Lipinski definition) is 1. The highest BCUT2D eigenvalue weighted by Crippen LogP contribution is 2.21. The number of ether oxygens (including phenoxy) is 1. The number of nitrogens with zero attached hydrogens (tertiary/aromatic N) is 3. The molecule has 0 fully saturated rings. The summed E-state index contributed by atoms with van der Waals surface area (Å²) in [6.07, 6.45) is 3.55. The molecule has 0 saturated heterocycles. The summed E-state index contributed by atoms with van der Waals surface area (Å²) in [6.45, 7) is 1.05. The van der Waals surface area contributed by atoms with Crippen molar-refractivity contribution in [3.05, 3.63) is 69.8 Å². The van der Waals surface area contributed by atoms with Crippen LogP contribution in [0.1, 0.15) is 41.2 Å². The van der Waals surface area contributed by atoms with Gasteiger partial charge in [0.1, 0.15) is 12.4 Å². The van der Waals surface area contributed by atoms with Crippen LogP contribution < -0.4 is 10.1 Å². The van der Waals surface area contributed by atoms with E-state index in [4.69, 9.17) is 9.26 Å². The lowest BCUT2D eigenvalue weighted by atomic mass is 10.1. The molecule has 0 atom stereocenters. The van der Waals surface area contributed by atoms with E-state index in [0.717, 1.165) is 36.3 Å². The Labute approximate surface area is 188 Å². The molecule has 0 aliphatic rings. The smallest absolute Gasteiger partial charge is 0.251 e. The van der Waals surface area contributed by atoms with Crippen LogP contribution in [0.15, 0.2) is 57.2 Å². The van der Waals surface area contributed by atoms with Crippen LogP contribution in [-0.4, -0.2) is 27.6 Å². The Kier molecular flexibility index (Phi) is 7.41. The van der Waals surface area contributed by atoms with E-state index < -0.39 is 0 Å². The van der Waals surface area contributed by atoms with Gasteiger partial charge < -0.3 is 14.6 Å². The van der Waals surface area contributed by atoms with Crippen molar-refractivity contribution in [1.29, 1.82) is 0 Å². The van der Waals surface area contributed by atoms with Crippen molar-refractivity contribution in [2.75, 3.05) is 6.54 Å². The summed E-state index contributed by atoms with van der Waals surface area (Å²) in [7, 11) is 0. The van der Waals surface area contributed by atoms with Crippen molar-refractivity contribution in [1.82, 2.24) is 20.4 Å². The van der Waals surface area contributed by atoms with E-state index in [9.17, 15) is 4.79 Å². The molecule has 31 heavy (non-hydrogen) atoms. The fourth-order valence-corrected chi connectivity index (χ4v) is 4.11. The molecule has 3 heterocycles. The first-order valence-electron chi connectivity index (χ1n) is 10.0. The van der Waals surface area contributed by atoms with Gasteiger partial charge in [-0.05, 0) is 48.6 Å². The Hall–Kier alpha value is -3.04. The maximum absolute atomic E-state index is 12.3. The number of thiazole rings is 1. The first-order chi connectivity index (χ1) is 15.3. The number of rotatable bonds is 11. The van der Waals surface area contributed by atoms with Gasteiger partial charge in [-0.15, -0.1) is 22.7 Å². The van der Waals surface area contributed by atoms with Crippen LogP contribution >= 0.6 is 22.7 Å². The number of unbranched alkanes of at least 4 members (excludes halogenated alkanes) is 2. The average Bonchev–Trinajstić information content (AvgIpc) is 3.57. The maximum atomic E-state index is 12.3. The van der Waals surface area contributed by atoms with Crippen molar-refractivity contribution in [2.24, 2.45) is 0 Å². The number of nitrogens with one attached hydrogen (secondary N) is 1. The van der Waals surface area contributed by atoms with E-state index in [1.165, 1.54) is 11.3 Å². The van der Waals surface area contributed by atoms with Gasteiger partial charge in [-0.1, -0.05) is 17.6 Å². The maximum Gasteiger partial charge on any atom is 0.251 e. The summed E-state index contributed by atoms with van der Waals surface area (Å²) in [5, 5.41) is 10.9. The number of hydrogen-bond acceptors (Lipinski definition) is 8. The van der Waals surface area contributed by atoms with Crippen LogP contribution in [0.2, 0.25) is 0 Å². The minimum Gasteiger partial charge on any atom is -0.487 e. The number of amides is 1. The molecule has 7 nitrogen and oxygen atoms in total. The van der Waals surface area contributed by atoms with Crippen LogP contribution in [0.25, 0.3) is 10.7 Å². The molecule has 9 heteroatoms. The fourth-order valence-electron chi connectivity index (χ4n) is 2.91. The number of thiophene rings is 1. The molecule has 0 aliphatic carbocycles. The van der Waals surface area contributed by atoms with Crippen LogP contribution in [0.5, 0.6) is 5.75 Å². The van der Waals surface area contributed by atoms with E-state index in [1.54, 1.807) is 41.1 Å². The van der Waals surface area contributed by atoms with E-state index >= 15 is 0 Å². The Morgan fingerprint density at radius 3 is 2.81 bits per heavy atom. The van der Waals surface area contributed by atoms with E-state index in [2.05, 4.69) is 20.4 Å². The molecule has 3 aromatic heterocycles. The fraction of sp³-hybridized carbons (Fsp3) is 0.273. The highest BCUT2D eigenvalue weighted by molar-refractivity contribution is 7.13.